The van der Waals surface area contributed by atoms with Crippen LogP contribution in [0.25, 0.3) is 0 Å². The van der Waals surface area contributed by atoms with Gasteiger partial charge in [-0.2, -0.15) is 10.4 Å². The molecule has 0 unspecified atom stereocenters. The molecular formula is C9H12BrN3. The van der Waals surface area contributed by atoms with Gasteiger partial charge in [0.15, 0.2) is 5.69 Å². The van der Waals surface area contributed by atoms with Gasteiger partial charge in [-0.3, -0.25) is 4.68 Å². The molecule has 0 aliphatic rings. The largest absolute Gasteiger partial charge is 0.267 e. The van der Waals surface area contributed by atoms with Crippen LogP contribution in [-0.2, 0) is 6.54 Å². The van der Waals surface area contributed by atoms with Crippen molar-refractivity contribution in [2.45, 2.75) is 33.2 Å². The Hall–Kier alpha value is -0.820. The molecule has 70 valence electrons. The fraction of sp³-hybridized carbons (Fsp3) is 0.556. The van der Waals surface area contributed by atoms with Crippen molar-refractivity contribution < 1.29 is 0 Å². The van der Waals surface area contributed by atoms with Crippen molar-refractivity contribution in [3.8, 4) is 6.07 Å². The standard InChI is InChI=1S/C9H12BrN3/c1-3-4-5-13-7(2)9(10)8(6-11)12-13/h3-5H2,1-2H3. The minimum atomic E-state index is 0.480. The summed E-state index contributed by atoms with van der Waals surface area (Å²) in [6.07, 6.45) is 2.23. The highest BCUT2D eigenvalue weighted by Crippen LogP contribution is 2.20. The molecule has 1 heterocycles. The van der Waals surface area contributed by atoms with Crippen LogP contribution in [0.1, 0.15) is 31.2 Å². The highest BCUT2D eigenvalue weighted by Gasteiger charge is 2.10. The summed E-state index contributed by atoms with van der Waals surface area (Å²) in [5, 5.41) is 12.9. The van der Waals surface area contributed by atoms with E-state index in [0.717, 1.165) is 29.6 Å². The molecule has 1 aromatic heterocycles. The maximum Gasteiger partial charge on any atom is 0.176 e. The summed E-state index contributed by atoms with van der Waals surface area (Å²) in [4.78, 5) is 0. The molecule has 0 radical (unpaired) electrons. The summed E-state index contributed by atoms with van der Waals surface area (Å²) in [7, 11) is 0. The van der Waals surface area contributed by atoms with E-state index in [-0.39, 0.29) is 0 Å². The van der Waals surface area contributed by atoms with Gasteiger partial charge >= 0.3 is 0 Å². The van der Waals surface area contributed by atoms with Crippen molar-refractivity contribution in [3.63, 3.8) is 0 Å². The average molecular weight is 242 g/mol. The Morgan fingerprint density at radius 2 is 2.31 bits per heavy atom. The van der Waals surface area contributed by atoms with Crippen LogP contribution >= 0.6 is 15.9 Å². The predicted molar refractivity (Wildman–Crippen MR) is 54.3 cm³/mol. The van der Waals surface area contributed by atoms with E-state index in [2.05, 4.69) is 34.0 Å². The number of rotatable bonds is 3. The number of aryl methyl sites for hydroxylation is 1. The Kier molecular flexibility index (Phi) is 3.49. The van der Waals surface area contributed by atoms with Gasteiger partial charge in [-0.25, -0.2) is 0 Å². The lowest BCUT2D eigenvalue weighted by molar-refractivity contribution is 0.557. The number of halogens is 1. The second-order valence-electron chi connectivity index (χ2n) is 2.94. The molecule has 4 heteroatoms. The van der Waals surface area contributed by atoms with E-state index in [9.17, 15) is 0 Å². The van der Waals surface area contributed by atoms with E-state index < -0.39 is 0 Å². The third-order valence-electron chi connectivity index (χ3n) is 1.96. The van der Waals surface area contributed by atoms with Gasteiger partial charge in [-0.1, -0.05) is 13.3 Å². The van der Waals surface area contributed by atoms with Crippen LogP contribution in [0.5, 0.6) is 0 Å². The first kappa shape index (κ1) is 10.3. The lowest BCUT2D eigenvalue weighted by Crippen LogP contribution is -2.01. The van der Waals surface area contributed by atoms with Gasteiger partial charge < -0.3 is 0 Å². The Labute approximate surface area is 86.5 Å². The molecule has 0 aromatic carbocycles. The molecule has 3 nitrogen and oxygen atoms in total. The van der Waals surface area contributed by atoms with Crippen LogP contribution in [0, 0.1) is 18.3 Å². The fourth-order valence-corrected chi connectivity index (χ4v) is 1.49. The molecule has 0 aliphatic heterocycles. The second-order valence-corrected chi connectivity index (χ2v) is 3.73. The topological polar surface area (TPSA) is 41.6 Å². The number of nitriles is 1. The third kappa shape index (κ3) is 2.10. The molecule has 0 fully saturated rings. The molecule has 13 heavy (non-hydrogen) atoms. The van der Waals surface area contributed by atoms with Gasteiger partial charge in [-0.15, -0.1) is 0 Å². The minimum Gasteiger partial charge on any atom is -0.267 e. The van der Waals surface area contributed by atoms with Crippen molar-refractivity contribution in [1.29, 1.82) is 5.26 Å². The predicted octanol–water partition coefficient (Wildman–Crippen LogP) is 2.63. The van der Waals surface area contributed by atoms with Crippen molar-refractivity contribution in [2.24, 2.45) is 0 Å². The normalized spacial score (nSPS) is 10.0. The van der Waals surface area contributed by atoms with Crippen molar-refractivity contribution in [3.05, 3.63) is 15.9 Å². The molecule has 0 spiro atoms. The molecular weight excluding hydrogens is 230 g/mol. The Bertz CT molecular complexity index is 335. The molecule has 0 amide bonds. The van der Waals surface area contributed by atoms with Crippen LogP contribution in [0.2, 0.25) is 0 Å². The van der Waals surface area contributed by atoms with Gasteiger partial charge in [0.25, 0.3) is 0 Å². The number of hydrogen-bond acceptors (Lipinski definition) is 2. The van der Waals surface area contributed by atoms with Gasteiger partial charge in [0.1, 0.15) is 6.07 Å². The maximum atomic E-state index is 8.73. The average Bonchev–Trinajstić information content (AvgIpc) is 2.41. The van der Waals surface area contributed by atoms with E-state index in [0.29, 0.717) is 5.69 Å². The molecule has 1 aromatic rings. The number of hydrogen-bond donors (Lipinski definition) is 0. The van der Waals surface area contributed by atoms with E-state index >= 15 is 0 Å². The Morgan fingerprint density at radius 1 is 1.62 bits per heavy atom. The van der Waals surface area contributed by atoms with Crippen molar-refractivity contribution >= 4 is 15.9 Å². The summed E-state index contributed by atoms with van der Waals surface area (Å²) in [5.41, 5.74) is 1.51. The number of nitrogens with zero attached hydrogens (tertiary/aromatic N) is 3. The first-order chi connectivity index (χ1) is 6.20. The van der Waals surface area contributed by atoms with E-state index in [4.69, 9.17) is 5.26 Å². The zero-order valence-electron chi connectivity index (χ0n) is 7.84. The van der Waals surface area contributed by atoms with Gasteiger partial charge in [0, 0.05) is 6.54 Å². The number of aromatic nitrogens is 2. The second kappa shape index (κ2) is 4.43. The zero-order valence-corrected chi connectivity index (χ0v) is 9.43. The van der Waals surface area contributed by atoms with Gasteiger partial charge in [0.05, 0.1) is 10.2 Å². The third-order valence-corrected chi connectivity index (χ3v) is 2.91. The van der Waals surface area contributed by atoms with E-state index in [1.165, 1.54) is 0 Å². The quantitative estimate of drug-likeness (QED) is 0.817. The molecule has 0 bridgehead atoms. The van der Waals surface area contributed by atoms with E-state index in [1.54, 1.807) is 0 Å². The van der Waals surface area contributed by atoms with Crippen LogP contribution < -0.4 is 0 Å². The zero-order chi connectivity index (χ0) is 9.84. The lowest BCUT2D eigenvalue weighted by atomic mass is 10.3. The molecule has 0 aliphatic carbocycles. The minimum absolute atomic E-state index is 0.480. The van der Waals surface area contributed by atoms with Crippen LogP contribution in [0.15, 0.2) is 4.47 Å². The summed E-state index contributed by atoms with van der Waals surface area (Å²) in [6.45, 7) is 5.00. The van der Waals surface area contributed by atoms with Gasteiger partial charge in [0.2, 0.25) is 0 Å². The summed E-state index contributed by atoms with van der Waals surface area (Å²) in [6, 6.07) is 2.05. The smallest absolute Gasteiger partial charge is 0.176 e. The van der Waals surface area contributed by atoms with Crippen molar-refractivity contribution in [1.82, 2.24) is 9.78 Å². The first-order valence-electron chi connectivity index (χ1n) is 4.33. The first-order valence-corrected chi connectivity index (χ1v) is 5.13. The molecule has 0 atom stereocenters. The number of unbranched alkanes of at least 4 members (excludes halogenated alkanes) is 1. The molecule has 0 saturated heterocycles. The Balaban J connectivity index is 2.91. The monoisotopic (exact) mass is 241 g/mol. The van der Waals surface area contributed by atoms with Crippen molar-refractivity contribution in [2.75, 3.05) is 0 Å². The van der Waals surface area contributed by atoms with Crippen LogP contribution in [0.3, 0.4) is 0 Å². The summed E-state index contributed by atoms with van der Waals surface area (Å²) in [5.74, 6) is 0. The maximum absolute atomic E-state index is 8.73. The Morgan fingerprint density at radius 3 is 2.77 bits per heavy atom. The lowest BCUT2D eigenvalue weighted by Gasteiger charge is -2.01. The highest BCUT2D eigenvalue weighted by molar-refractivity contribution is 9.10. The molecule has 0 N–H and O–H groups in total. The van der Waals surface area contributed by atoms with Crippen LogP contribution in [-0.4, -0.2) is 9.78 Å². The summed E-state index contributed by atoms with van der Waals surface area (Å²) < 4.78 is 2.71. The SMILES string of the molecule is CCCCn1nc(C#N)c(Br)c1C. The summed E-state index contributed by atoms with van der Waals surface area (Å²) >= 11 is 3.35. The van der Waals surface area contributed by atoms with Crippen LogP contribution in [0.4, 0.5) is 0 Å². The highest BCUT2D eigenvalue weighted by atomic mass is 79.9. The van der Waals surface area contributed by atoms with E-state index in [1.807, 2.05) is 11.6 Å². The van der Waals surface area contributed by atoms with Gasteiger partial charge in [-0.05, 0) is 29.3 Å². The fourth-order valence-electron chi connectivity index (χ4n) is 1.12. The molecule has 1 rings (SSSR count). The molecule has 0 saturated carbocycles.